The smallest absolute Gasteiger partial charge is 0.337 e. The predicted molar refractivity (Wildman–Crippen MR) is 109 cm³/mol. The van der Waals surface area contributed by atoms with Gasteiger partial charge in [0.2, 0.25) is 0 Å². The molecule has 0 amide bonds. The van der Waals surface area contributed by atoms with Gasteiger partial charge >= 0.3 is 5.97 Å². The maximum atomic E-state index is 12.2. The number of para-hydroxylation sites is 1. The lowest BCUT2D eigenvalue weighted by Gasteiger charge is -2.10. The molecule has 0 aromatic heterocycles. The number of nitrogens with zero attached hydrogens (tertiary/aromatic N) is 2. The second-order valence-electron chi connectivity index (χ2n) is 6.23. The molecule has 0 bridgehead atoms. The summed E-state index contributed by atoms with van der Waals surface area (Å²) in [5, 5.41) is 0.664. The molecule has 0 saturated heterocycles. The van der Waals surface area contributed by atoms with Crippen LogP contribution in [0.25, 0.3) is 20.8 Å². The van der Waals surface area contributed by atoms with Gasteiger partial charge in [-0.1, -0.05) is 12.1 Å². The highest BCUT2D eigenvalue weighted by molar-refractivity contribution is 7.21. The molecule has 2 aromatic carbocycles. The van der Waals surface area contributed by atoms with Crippen LogP contribution in [0.2, 0.25) is 0 Å². The molecule has 0 N–H and O–H groups in total. The Morgan fingerprint density at radius 2 is 1.79 bits per heavy atom. The van der Waals surface area contributed by atoms with E-state index >= 15 is 0 Å². The van der Waals surface area contributed by atoms with E-state index in [9.17, 15) is 9.59 Å². The van der Waals surface area contributed by atoms with Crippen LogP contribution in [0.3, 0.4) is 0 Å². The minimum atomic E-state index is -0.393. The molecule has 28 heavy (non-hydrogen) atoms. The quantitative estimate of drug-likeness (QED) is 0.292. The largest absolute Gasteiger partial charge is 0.465 e. The molecule has 138 valence electrons. The van der Waals surface area contributed by atoms with Gasteiger partial charge in [0.05, 0.1) is 44.5 Å². The van der Waals surface area contributed by atoms with Gasteiger partial charge in [0.25, 0.3) is 0 Å². The summed E-state index contributed by atoms with van der Waals surface area (Å²) in [7, 11) is 1.35. The SMILES string of the molecule is COC(=O)c1ccc(N=c2cc3sc4ccccc4nc-3c(C(C)=O)c2)cc1. The zero-order valence-corrected chi connectivity index (χ0v) is 16.1. The standard InChI is InChI=1S/C22H16N2O3S/c1-13(25)17-11-16(23-15-9-7-14(8-10-15)22(26)27-2)12-20-21(17)24-18-5-3-4-6-19(18)28-20/h3-12H,1-2H3. The molecule has 6 heteroatoms. The highest BCUT2D eigenvalue weighted by Gasteiger charge is 2.15. The van der Waals surface area contributed by atoms with Crippen LogP contribution in [0.1, 0.15) is 27.6 Å². The third kappa shape index (κ3) is 3.42. The lowest BCUT2D eigenvalue weighted by atomic mass is 10.1. The third-order valence-electron chi connectivity index (χ3n) is 4.30. The first-order chi connectivity index (χ1) is 13.5. The number of hydrogen-bond acceptors (Lipinski definition) is 6. The lowest BCUT2D eigenvalue weighted by molar-refractivity contribution is 0.0600. The van der Waals surface area contributed by atoms with Crippen LogP contribution in [-0.2, 0) is 4.74 Å². The Morgan fingerprint density at radius 3 is 2.50 bits per heavy atom. The van der Waals surface area contributed by atoms with Crippen molar-refractivity contribution >= 4 is 39.0 Å². The van der Waals surface area contributed by atoms with Crippen molar-refractivity contribution in [1.29, 1.82) is 0 Å². The van der Waals surface area contributed by atoms with E-state index in [4.69, 9.17) is 4.74 Å². The van der Waals surface area contributed by atoms with Crippen LogP contribution < -0.4 is 5.36 Å². The summed E-state index contributed by atoms with van der Waals surface area (Å²) in [5.41, 5.74) is 3.24. The second kappa shape index (κ2) is 7.32. The summed E-state index contributed by atoms with van der Waals surface area (Å²) in [6.07, 6.45) is 0. The number of methoxy groups -OCH3 is 1. The Labute approximate surface area is 165 Å². The van der Waals surface area contributed by atoms with Crippen LogP contribution in [-0.4, -0.2) is 23.8 Å². The monoisotopic (exact) mass is 388 g/mol. The van der Waals surface area contributed by atoms with Crippen molar-refractivity contribution in [3.8, 4) is 10.6 Å². The van der Waals surface area contributed by atoms with Crippen LogP contribution in [0.5, 0.6) is 0 Å². The van der Waals surface area contributed by atoms with E-state index in [1.165, 1.54) is 14.0 Å². The Bertz CT molecular complexity index is 1240. The predicted octanol–water partition coefficient (Wildman–Crippen LogP) is 4.62. The maximum absolute atomic E-state index is 12.2. The van der Waals surface area contributed by atoms with Crippen LogP contribution in [0.15, 0.2) is 65.7 Å². The normalized spacial score (nSPS) is 11.7. The van der Waals surface area contributed by atoms with Crippen molar-refractivity contribution in [1.82, 2.24) is 4.98 Å². The molecule has 2 aliphatic rings. The van der Waals surface area contributed by atoms with Gasteiger partial charge in [0, 0.05) is 5.56 Å². The van der Waals surface area contributed by atoms with E-state index in [1.807, 2.05) is 30.3 Å². The highest BCUT2D eigenvalue weighted by atomic mass is 32.1. The molecule has 1 aliphatic heterocycles. The van der Waals surface area contributed by atoms with E-state index in [0.717, 1.165) is 15.1 Å². The lowest BCUT2D eigenvalue weighted by Crippen LogP contribution is -2.09. The van der Waals surface area contributed by atoms with Crippen LogP contribution >= 0.6 is 11.3 Å². The first-order valence-corrected chi connectivity index (χ1v) is 9.44. The van der Waals surface area contributed by atoms with Crippen molar-refractivity contribution in [2.45, 2.75) is 6.92 Å². The first kappa shape index (κ1) is 18.0. The number of aromatic nitrogens is 1. The van der Waals surface area contributed by atoms with Gasteiger partial charge in [-0.15, -0.1) is 11.3 Å². The van der Waals surface area contributed by atoms with Crippen LogP contribution in [0.4, 0.5) is 5.69 Å². The van der Waals surface area contributed by atoms with E-state index < -0.39 is 5.97 Å². The number of carbonyl (C=O) groups excluding carboxylic acids is 2. The van der Waals surface area contributed by atoms with Crippen molar-refractivity contribution < 1.29 is 14.3 Å². The number of carbonyl (C=O) groups is 2. The fourth-order valence-electron chi connectivity index (χ4n) is 2.93. The number of fused-ring (bicyclic) bond motifs is 2. The summed E-state index contributed by atoms with van der Waals surface area (Å²) in [6.45, 7) is 1.53. The summed E-state index contributed by atoms with van der Waals surface area (Å²) in [5.74, 6) is -0.450. The van der Waals surface area contributed by atoms with Crippen molar-refractivity contribution in [3.05, 3.63) is 77.1 Å². The molecular formula is C22H16N2O3S. The van der Waals surface area contributed by atoms with Gasteiger partial charge in [0.1, 0.15) is 0 Å². The molecule has 4 rings (SSSR count). The van der Waals surface area contributed by atoms with Gasteiger partial charge in [-0.2, -0.15) is 0 Å². The molecule has 0 spiro atoms. The number of ether oxygens (including phenoxy) is 1. The summed E-state index contributed by atoms with van der Waals surface area (Å²) in [6, 6.07) is 18.3. The molecule has 5 nitrogen and oxygen atoms in total. The van der Waals surface area contributed by atoms with Crippen molar-refractivity contribution in [2.75, 3.05) is 7.11 Å². The maximum Gasteiger partial charge on any atom is 0.337 e. The Morgan fingerprint density at radius 1 is 1.04 bits per heavy atom. The van der Waals surface area contributed by atoms with Gasteiger partial charge in [0.15, 0.2) is 5.78 Å². The summed E-state index contributed by atoms with van der Waals surface area (Å²) < 4.78 is 5.75. The second-order valence-corrected chi connectivity index (χ2v) is 7.31. The average Bonchev–Trinajstić information content (AvgIpc) is 2.71. The topological polar surface area (TPSA) is 68.6 Å². The average molecular weight is 388 g/mol. The highest BCUT2D eigenvalue weighted by Crippen LogP contribution is 2.32. The minimum absolute atomic E-state index is 0.0573. The molecule has 1 aliphatic carbocycles. The van der Waals surface area contributed by atoms with Gasteiger partial charge in [-0.3, -0.25) is 4.79 Å². The van der Waals surface area contributed by atoms with Gasteiger partial charge in [-0.25, -0.2) is 14.8 Å². The molecule has 2 aromatic rings. The van der Waals surface area contributed by atoms with Crippen LogP contribution in [0, 0.1) is 0 Å². The fraction of sp³-hybridized carbons (Fsp3) is 0.0909. The van der Waals surface area contributed by atoms with E-state index in [0.29, 0.717) is 27.9 Å². The van der Waals surface area contributed by atoms with E-state index in [-0.39, 0.29) is 5.78 Å². The molecule has 0 radical (unpaired) electrons. The zero-order chi connectivity index (χ0) is 19.7. The molecule has 1 heterocycles. The third-order valence-corrected chi connectivity index (χ3v) is 5.40. The number of benzene rings is 3. The Kier molecular flexibility index (Phi) is 4.71. The number of ketones is 1. The van der Waals surface area contributed by atoms with Gasteiger partial charge < -0.3 is 4.74 Å². The number of Topliss-reactive ketones (excluding diaryl/α,β-unsaturated/α-hetero) is 1. The van der Waals surface area contributed by atoms with Gasteiger partial charge in [-0.05, 0) is 55.5 Å². The van der Waals surface area contributed by atoms with E-state index in [1.54, 1.807) is 41.7 Å². The van der Waals surface area contributed by atoms with Crippen molar-refractivity contribution in [3.63, 3.8) is 0 Å². The number of rotatable bonds is 3. The Hall–Kier alpha value is -3.38. The molecule has 0 saturated carbocycles. The summed E-state index contributed by atoms with van der Waals surface area (Å²) in [4.78, 5) is 34.0. The van der Waals surface area contributed by atoms with E-state index in [2.05, 4.69) is 9.98 Å². The molecule has 0 unspecified atom stereocenters. The number of esters is 1. The number of hydrogen-bond donors (Lipinski definition) is 0. The fourth-order valence-corrected chi connectivity index (χ4v) is 3.97. The Balaban J connectivity index is 1.88. The molecule has 0 atom stereocenters. The zero-order valence-electron chi connectivity index (χ0n) is 15.3. The summed E-state index contributed by atoms with van der Waals surface area (Å²) >= 11 is 1.58. The molecule has 0 fully saturated rings. The van der Waals surface area contributed by atoms with Crippen molar-refractivity contribution in [2.24, 2.45) is 4.99 Å². The first-order valence-electron chi connectivity index (χ1n) is 8.63. The molecular weight excluding hydrogens is 372 g/mol. The minimum Gasteiger partial charge on any atom is -0.465 e.